The number of benzene rings is 1. The molecule has 2 nitrogen and oxygen atoms in total. The number of hydrogen-bond donors (Lipinski definition) is 0. The Labute approximate surface area is 129 Å². The summed E-state index contributed by atoms with van der Waals surface area (Å²) in [6.45, 7) is 5.95. The molecular weight excluding hydrogens is 289 g/mol. The predicted octanol–water partition coefficient (Wildman–Crippen LogP) is 5.24. The monoisotopic (exact) mass is 307 g/mol. The predicted molar refractivity (Wildman–Crippen MR) is 84.7 cm³/mol. The highest BCUT2D eigenvalue weighted by molar-refractivity contribution is 6.29. The normalized spacial score (nSPS) is 11.0. The van der Waals surface area contributed by atoms with Gasteiger partial charge >= 0.3 is 0 Å². The summed E-state index contributed by atoms with van der Waals surface area (Å²) >= 11 is 5.96. The molecule has 0 N–H and O–H groups in total. The van der Waals surface area contributed by atoms with E-state index in [0.717, 1.165) is 23.2 Å². The number of methoxy groups -OCH3 is 1. The minimum Gasteiger partial charge on any atom is -0.496 e. The molecule has 1 aromatic heterocycles. The van der Waals surface area contributed by atoms with Crippen LogP contribution in [0.4, 0.5) is 4.39 Å². The van der Waals surface area contributed by atoms with Crippen molar-refractivity contribution < 1.29 is 9.13 Å². The van der Waals surface area contributed by atoms with Crippen molar-refractivity contribution in [2.45, 2.75) is 33.1 Å². The van der Waals surface area contributed by atoms with Crippen molar-refractivity contribution in [2.24, 2.45) is 0 Å². The topological polar surface area (TPSA) is 22.1 Å². The summed E-state index contributed by atoms with van der Waals surface area (Å²) in [7, 11) is 1.54. The first kappa shape index (κ1) is 15.8. The first-order valence-electron chi connectivity index (χ1n) is 7.01. The van der Waals surface area contributed by atoms with Crippen LogP contribution >= 0.6 is 11.6 Å². The summed E-state index contributed by atoms with van der Waals surface area (Å²) in [4.78, 5) is 4.36. The number of rotatable bonds is 4. The van der Waals surface area contributed by atoms with Gasteiger partial charge in [-0.2, -0.15) is 0 Å². The van der Waals surface area contributed by atoms with Gasteiger partial charge in [0.05, 0.1) is 7.11 Å². The number of aromatic nitrogens is 1. The van der Waals surface area contributed by atoms with Gasteiger partial charge in [-0.15, -0.1) is 0 Å². The van der Waals surface area contributed by atoms with Crippen LogP contribution in [0.25, 0.3) is 11.1 Å². The summed E-state index contributed by atoms with van der Waals surface area (Å²) in [6, 6.07) is 6.95. The second kappa shape index (κ2) is 6.44. The Balaban J connectivity index is 2.70. The molecule has 0 spiro atoms. The van der Waals surface area contributed by atoms with E-state index in [2.05, 4.69) is 4.98 Å². The van der Waals surface area contributed by atoms with Crippen LogP contribution in [0.15, 0.2) is 24.3 Å². The molecule has 0 aliphatic rings. The average molecular weight is 308 g/mol. The molecule has 112 valence electrons. The fourth-order valence-corrected chi connectivity index (χ4v) is 2.55. The van der Waals surface area contributed by atoms with E-state index in [1.165, 1.54) is 6.07 Å². The quantitative estimate of drug-likeness (QED) is 0.721. The number of ether oxygens (including phenoxy) is 1. The molecule has 0 saturated heterocycles. The van der Waals surface area contributed by atoms with Crippen LogP contribution in [0.2, 0.25) is 5.15 Å². The van der Waals surface area contributed by atoms with Gasteiger partial charge in [-0.1, -0.05) is 32.4 Å². The van der Waals surface area contributed by atoms with Crippen molar-refractivity contribution in [3.8, 4) is 16.9 Å². The van der Waals surface area contributed by atoms with E-state index in [-0.39, 0.29) is 11.7 Å². The molecule has 1 aromatic carbocycles. The first-order chi connectivity index (χ1) is 9.97. The molecule has 2 rings (SSSR count). The molecular formula is C17H19ClFNO. The SMILES string of the molecule is CCc1nc(Cl)ccc1-c1cc(C(C)C)c(F)cc1OC. The summed E-state index contributed by atoms with van der Waals surface area (Å²) in [5.41, 5.74) is 3.33. The Hall–Kier alpha value is -1.61. The van der Waals surface area contributed by atoms with Gasteiger partial charge in [-0.05, 0) is 36.1 Å². The smallest absolute Gasteiger partial charge is 0.130 e. The van der Waals surface area contributed by atoms with Gasteiger partial charge in [-0.25, -0.2) is 9.37 Å². The largest absolute Gasteiger partial charge is 0.496 e. The maximum atomic E-state index is 14.1. The van der Waals surface area contributed by atoms with Crippen LogP contribution in [0.3, 0.4) is 0 Å². The third kappa shape index (κ3) is 3.18. The molecule has 0 atom stereocenters. The van der Waals surface area contributed by atoms with Crippen molar-refractivity contribution in [3.63, 3.8) is 0 Å². The zero-order valence-electron chi connectivity index (χ0n) is 12.7. The summed E-state index contributed by atoms with van der Waals surface area (Å²) in [5, 5.41) is 0.459. The van der Waals surface area contributed by atoms with Gasteiger partial charge in [-0.3, -0.25) is 0 Å². The lowest BCUT2D eigenvalue weighted by atomic mass is 9.94. The summed E-state index contributed by atoms with van der Waals surface area (Å²) < 4.78 is 19.5. The van der Waals surface area contributed by atoms with Crippen molar-refractivity contribution in [1.29, 1.82) is 0 Å². The van der Waals surface area contributed by atoms with Crippen LogP contribution < -0.4 is 4.74 Å². The fraction of sp³-hybridized carbons (Fsp3) is 0.353. The zero-order chi connectivity index (χ0) is 15.6. The van der Waals surface area contributed by atoms with Crippen LogP contribution in [0.1, 0.15) is 37.9 Å². The van der Waals surface area contributed by atoms with Crippen molar-refractivity contribution >= 4 is 11.6 Å². The standard InChI is InChI=1S/C17H19ClFNO/c1-5-15-11(6-7-17(18)20-15)13-8-12(10(2)3)14(19)9-16(13)21-4/h6-10H,5H2,1-4H3. The number of nitrogens with zero attached hydrogens (tertiary/aromatic N) is 1. The van der Waals surface area contributed by atoms with Crippen LogP contribution in [-0.4, -0.2) is 12.1 Å². The van der Waals surface area contributed by atoms with Gasteiger partial charge in [0.15, 0.2) is 0 Å². The Morgan fingerprint density at radius 2 is 1.95 bits per heavy atom. The molecule has 21 heavy (non-hydrogen) atoms. The van der Waals surface area contributed by atoms with Crippen LogP contribution in [-0.2, 0) is 6.42 Å². The minimum absolute atomic E-state index is 0.0972. The Morgan fingerprint density at radius 1 is 1.24 bits per heavy atom. The van der Waals surface area contributed by atoms with E-state index in [4.69, 9.17) is 16.3 Å². The lowest BCUT2D eigenvalue weighted by Gasteiger charge is -2.16. The van der Waals surface area contributed by atoms with Gasteiger partial charge < -0.3 is 4.74 Å². The van der Waals surface area contributed by atoms with Gasteiger partial charge in [0, 0.05) is 22.9 Å². The molecule has 2 aromatic rings. The first-order valence-corrected chi connectivity index (χ1v) is 7.38. The molecule has 0 bridgehead atoms. The number of aryl methyl sites for hydroxylation is 1. The van der Waals surface area contributed by atoms with E-state index >= 15 is 0 Å². The van der Waals surface area contributed by atoms with E-state index in [1.54, 1.807) is 13.2 Å². The lowest BCUT2D eigenvalue weighted by molar-refractivity contribution is 0.412. The third-order valence-corrected chi connectivity index (χ3v) is 3.72. The maximum Gasteiger partial charge on any atom is 0.130 e. The summed E-state index contributed by atoms with van der Waals surface area (Å²) in [5.74, 6) is 0.362. The molecule has 0 saturated carbocycles. The summed E-state index contributed by atoms with van der Waals surface area (Å²) in [6.07, 6.45) is 0.743. The Kier molecular flexibility index (Phi) is 4.84. The van der Waals surface area contributed by atoms with E-state index in [9.17, 15) is 4.39 Å². The average Bonchev–Trinajstić information content (AvgIpc) is 2.46. The van der Waals surface area contributed by atoms with Crippen molar-refractivity contribution in [1.82, 2.24) is 4.98 Å². The highest BCUT2D eigenvalue weighted by Crippen LogP contribution is 2.36. The molecule has 0 aliphatic carbocycles. The highest BCUT2D eigenvalue weighted by Gasteiger charge is 2.17. The Morgan fingerprint density at radius 3 is 2.52 bits per heavy atom. The van der Waals surface area contributed by atoms with Crippen LogP contribution in [0.5, 0.6) is 5.75 Å². The fourth-order valence-electron chi connectivity index (χ4n) is 2.38. The number of hydrogen-bond acceptors (Lipinski definition) is 2. The van der Waals surface area contributed by atoms with E-state index in [1.807, 2.05) is 32.9 Å². The molecule has 1 heterocycles. The second-order valence-corrected chi connectivity index (χ2v) is 5.60. The van der Waals surface area contributed by atoms with Crippen molar-refractivity contribution in [3.05, 3.63) is 46.5 Å². The van der Waals surface area contributed by atoms with E-state index in [0.29, 0.717) is 16.5 Å². The number of pyridine rings is 1. The number of halogens is 2. The molecule has 0 radical (unpaired) electrons. The maximum absolute atomic E-state index is 14.1. The minimum atomic E-state index is -0.245. The second-order valence-electron chi connectivity index (χ2n) is 5.21. The molecule has 4 heteroatoms. The third-order valence-electron chi connectivity index (χ3n) is 3.51. The van der Waals surface area contributed by atoms with Gasteiger partial charge in [0.25, 0.3) is 0 Å². The van der Waals surface area contributed by atoms with E-state index < -0.39 is 0 Å². The van der Waals surface area contributed by atoms with Gasteiger partial charge in [0.1, 0.15) is 16.7 Å². The molecule has 0 fully saturated rings. The molecule has 0 amide bonds. The highest BCUT2D eigenvalue weighted by atomic mass is 35.5. The zero-order valence-corrected chi connectivity index (χ0v) is 13.5. The van der Waals surface area contributed by atoms with Crippen molar-refractivity contribution in [2.75, 3.05) is 7.11 Å². The van der Waals surface area contributed by atoms with Crippen LogP contribution in [0, 0.1) is 5.82 Å². The molecule has 0 unspecified atom stereocenters. The lowest BCUT2D eigenvalue weighted by Crippen LogP contribution is -2.00. The molecule has 0 aliphatic heterocycles. The Bertz CT molecular complexity index is 655. The van der Waals surface area contributed by atoms with Gasteiger partial charge in [0.2, 0.25) is 0 Å².